The van der Waals surface area contributed by atoms with Crippen molar-refractivity contribution in [2.24, 2.45) is 0 Å². The molecular formula is C23H31N5O2. The first-order valence-corrected chi connectivity index (χ1v) is 11.1. The summed E-state index contributed by atoms with van der Waals surface area (Å²) in [7, 11) is 0. The Bertz CT molecular complexity index is 862. The molecule has 0 atom stereocenters. The maximum atomic E-state index is 12.6. The van der Waals surface area contributed by atoms with Gasteiger partial charge >= 0.3 is 6.03 Å². The third-order valence-electron chi connectivity index (χ3n) is 6.16. The zero-order valence-electron chi connectivity index (χ0n) is 17.6. The summed E-state index contributed by atoms with van der Waals surface area (Å²) in [5.74, 6) is -0.0664. The van der Waals surface area contributed by atoms with Gasteiger partial charge in [-0.25, -0.2) is 9.48 Å². The quantitative estimate of drug-likeness (QED) is 0.812. The minimum absolute atomic E-state index is 0.0520. The van der Waals surface area contributed by atoms with Crippen molar-refractivity contribution in [1.29, 1.82) is 0 Å². The molecule has 1 aliphatic heterocycles. The Hall–Kier alpha value is -2.83. The SMILES string of the molecule is Cc1cnn(-c2ccc(C(=O)NC3CCN(C(=O)NC4CCCCC4)CC3)cc2)c1. The van der Waals surface area contributed by atoms with Crippen LogP contribution in [0.15, 0.2) is 36.7 Å². The van der Waals surface area contributed by atoms with Crippen LogP contribution in [0.5, 0.6) is 0 Å². The van der Waals surface area contributed by atoms with Crippen LogP contribution in [0, 0.1) is 6.92 Å². The normalized spacial score (nSPS) is 18.2. The van der Waals surface area contributed by atoms with E-state index in [0.29, 0.717) is 24.7 Å². The lowest BCUT2D eigenvalue weighted by molar-refractivity contribution is 0.0917. The standard InChI is InChI=1S/C23H31N5O2/c1-17-15-24-28(16-17)21-9-7-18(8-10-21)22(29)25-20-11-13-27(14-12-20)23(30)26-19-5-3-2-4-6-19/h7-10,15-16,19-20H,2-6,11-14H2,1H3,(H,25,29)(H,26,30). The van der Waals surface area contributed by atoms with Crippen LogP contribution in [0.1, 0.15) is 60.9 Å². The van der Waals surface area contributed by atoms with E-state index in [1.807, 2.05) is 48.5 Å². The molecule has 1 saturated carbocycles. The van der Waals surface area contributed by atoms with Gasteiger partial charge in [-0.1, -0.05) is 19.3 Å². The number of likely N-dealkylation sites (tertiary alicyclic amines) is 1. The van der Waals surface area contributed by atoms with E-state index in [1.54, 1.807) is 4.68 Å². The lowest BCUT2D eigenvalue weighted by atomic mass is 9.95. The topological polar surface area (TPSA) is 79.3 Å². The molecule has 1 aliphatic carbocycles. The fourth-order valence-electron chi connectivity index (χ4n) is 4.33. The van der Waals surface area contributed by atoms with Crippen LogP contribution in [0.3, 0.4) is 0 Å². The molecule has 30 heavy (non-hydrogen) atoms. The summed E-state index contributed by atoms with van der Waals surface area (Å²) in [6, 6.07) is 7.94. The number of amides is 3. The van der Waals surface area contributed by atoms with E-state index in [0.717, 1.165) is 36.9 Å². The highest BCUT2D eigenvalue weighted by atomic mass is 16.2. The van der Waals surface area contributed by atoms with Crippen LogP contribution in [0.4, 0.5) is 4.79 Å². The highest BCUT2D eigenvalue weighted by Gasteiger charge is 2.26. The van der Waals surface area contributed by atoms with Gasteiger partial charge in [0.25, 0.3) is 5.91 Å². The number of hydrogen-bond acceptors (Lipinski definition) is 3. The molecule has 0 spiro atoms. The van der Waals surface area contributed by atoms with Crippen molar-refractivity contribution in [2.45, 2.75) is 64.0 Å². The largest absolute Gasteiger partial charge is 0.349 e. The number of aryl methyl sites for hydroxylation is 1. The molecule has 3 amide bonds. The zero-order valence-corrected chi connectivity index (χ0v) is 17.6. The van der Waals surface area contributed by atoms with E-state index in [-0.39, 0.29) is 18.0 Å². The number of carbonyl (C=O) groups excluding carboxylic acids is 2. The van der Waals surface area contributed by atoms with E-state index < -0.39 is 0 Å². The fourth-order valence-corrected chi connectivity index (χ4v) is 4.33. The average Bonchev–Trinajstić information content (AvgIpc) is 3.21. The lowest BCUT2D eigenvalue weighted by Gasteiger charge is -2.34. The first kappa shape index (κ1) is 20.4. The van der Waals surface area contributed by atoms with Crippen LogP contribution in [-0.4, -0.2) is 51.8 Å². The molecule has 1 saturated heterocycles. The van der Waals surface area contributed by atoms with Crippen LogP contribution in [-0.2, 0) is 0 Å². The number of hydrogen-bond donors (Lipinski definition) is 2. The van der Waals surface area contributed by atoms with E-state index in [4.69, 9.17) is 0 Å². The number of carbonyl (C=O) groups is 2. The van der Waals surface area contributed by atoms with Crippen LogP contribution in [0.2, 0.25) is 0 Å². The number of piperidine rings is 1. The fraction of sp³-hybridized carbons (Fsp3) is 0.522. The molecular weight excluding hydrogens is 378 g/mol. The van der Waals surface area contributed by atoms with Gasteiger partial charge in [0, 0.05) is 36.9 Å². The Morgan fingerprint density at radius 2 is 1.60 bits per heavy atom. The molecule has 2 aromatic rings. The second-order valence-corrected chi connectivity index (χ2v) is 8.53. The van der Waals surface area contributed by atoms with Gasteiger partial charge in [0.1, 0.15) is 0 Å². The van der Waals surface area contributed by atoms with Crippen molar-refractivity contribution in [1.82, 2.24) is 25.3 Å². The number of aromatic nitrogens is 2. The second kappa shape index (κ2) is 9.32. The summed E-state index contributed by atoms with van der Waals surface area (Å²) >= 11 is 0. The number of urea groups is 1. The molecule has 4 rings (SSSR count). The van der Waals surface area contributed by atoms with Crippen LogP contribution < -0.4 is 10.6 Å². The smallest absolute Gasteiger partial charge is 0.317 e. The third kappa shape index (κ3) is 5.01. The number of rotatable bonds is 4. The van der Waals surface area contributed by atoms with E-state index in [2.05, 4.69) is 15.7 Å². The minimum Gasteiger partial charge on any atom is -0.349 e. The molecule has 2 heterocycles. The minimum atomic E-state index is -0.0664. The number of nitrogens with one attached hydrogen (secondary N) is 2. The van der Waals surface area contributed by atoms with Crippen molar-refractivity contribution >= 4 is 11.9 Å². The van der Waals surface area contributed by atoms with Gasteiger partial charge in [-0.3, -0.25) is 4.79 Å². The van der Waals surface area contributed by atoms with E-state index >= 15 is 0 Å². The van der Waals surface area contributed by atoms with Crippen LogP contribution >= 0.6 is 0 Å². The maximum absolute atomic E-state index is 12.6. The summed E-state index contributed by atoms with van der Waals surface area (Å²) in [4.78, 5) is 27.0. The molecule has 0 unspecified atom stereocenters. The predicted molar refractivity (Wildman–Crippen MR) is 116 cm³/mol. The highest BCUT2D eigenvalue weighted by Crippen LogP contribution is 2.18. The molecule has 7 nitrogen and oxygen atoms in total. The molecule has 0 radical (unpaired) electrons. The third-order valence-corrected chi connectivity index (χ3v) is 6.16. The summed E-state index contributed by atoms with van der Waals surface area (Å²) in [5, 5.41) is 10.6. The first-order chi connectivity index (χ1) is 14.6. The van der Waals surface area contributed by atoms with Crippen LogP contribution in [0.25, 0.3) is 5.69 Å². The summed E-state index contributed by atoms with van der Waals surface area (Å²) in [5.41, 5.74) is 2.66. The molecule has 7 heteroatoms. The zero-order chi connectivity index (χ0) is 20.9. The number of benzene rings is 1. The summed E-state index contributed by atoms with van der Waals surface area (Å²) in [6.07, 6.45) is 11.2. The molecule has 160 valence electrons. The van der Waals surface area contributed by atoms with Gasteiger partial charge in [0.2, 0.25) is 0 Å². The average molecular weight is 410 g/mol. The molecule has 2 aliphatic rings. The Balaban J connectivity index is 1.24. The first-order valence-electron chi connectivity index (χ1n) is 11.1. The monoisotopic (exact) mass is 409 g/mol. The van der Waals surface area contributed by atoms with Crippen molar-refractivity contribution in [3.63, 3.8) is 0 Å². The molecule has 0 bridgehead atoms. The van der Waals surface area contributed by atoms with Gasteiger partial charge in [0.05, 0.1) is 11.9 Å². The predicted octanol–water partition coefficient (Wildman–Crippen LogP) is 3.42. The van der Waals surface area contributed by atoms with Gasteiger partial charge < -0.3 is 15.5 Å². The second-order valence-electron chi connectivity index (χ2n) is 8.53. The van der Waals surface area contributed by atoms with Crippen molar-refractivity contribution in [3.05, 3.63) is 47.8 Å². The maximum Gasteiger partial charge on any atom is 0.317 e. The van der Waals surface area contributed by atoms with Gasteiger partial charge in [0.15, 0.2) is 0 Å². The summed E-state index contributed by atoms with van der Waals surface area (Å²) < 4.78 is 1.80. The molecule has 1 aromatic heterocycles. The Morgan fingerprint density at radius 1 is 0.933 bits per heavy atom. The van der Waals surface area contributed by atoms with E-state index in [1.165, 1.54) is 19.3 Å². The van der Waals surface area contributed by atoms with Crippen molar-refractivity contribution in [3.8, 4) is 5.69 Å². The van der Waals surface area contributed by atoms with Gasteiger partial charge in [-0.05, 0) is 62.4 Å². The van der Waals surface area contributed by atoms with Crippen molar-refractivity contribution < 1.29 is 9.59 Å². The Kier molecular flexibility index (Phi) is 6.35. The summed E-state index contributed by atoms with van der Waals surface area (Å²) in [6.45, 7) is 3.36. The number of nitrogens with zero attached hydrogens (tertiary/aromatic N) is 3. The van der Waals surface area contributed by atoms with Crippen molar-refractivity contribution in [2.75, 3.05) is 13.1 Å². The molecule has 1 aromatic carbocycles. The van der Waals surface area contributed by atoms with E-state index in [9.17, 15) is 9.59 Å². The Morgan fingerprint density at radius 3 is 2.23 bits per heavy atom. The Labute approximate surface area is 177 Å². The molecule has 2 fully saturated rings. The highest BCUT2D eigenvalue weighted by molar-refractivity contribution is 5.94. The molecule has 2 N–H and O–H groups in total. The van der Waals surface area contributed by atoms with Gasteiger partial charge in [-0.15, -0.1) is 0 Å². The van der Waals surface area contributed by atoms with Gasteiger partial charge in [-0.2, -0.15) is 5.10 Å². The lowest BCUT2D eigenvalue weighted by Crippen LogP contribution is -2.51.